The van der Waals surface area contributed by atoms with E-state index in [9.17, 15) is 0 Å². The summed E-state index contributed by atoms with van der Waals surface area (Å²) in [6.45, 7) is 0. The van der Waals surface area contributed by atoms with E-state index in [1.165, 1.54) is 0 Å². The number of aromatic nitrogens is 6. The number of fused-ring (bicyclic) bond motifs is 1. The Bertz CT molecular complexity index is 610. The van der Waals surface area contributed by atoms with E-state index in [0.717, 1.165) is 22.3 Å². The number of imidazole rings is 1. The van der Waals surface area contributed by atoms with Crippen LogP contribution in [-0.2, 0) is 12.8 Å². The first-order valence-electron chi connectivity index (χ1n) is 5.11. The molecule has 0 aromatic carbocycles. The van der Waals surface area contributed by atoms with Crippen LogP contribution in [0.2, 0.25) is 0 Å². The van der Waals surface area contributed by atoms with Gasteiger partial charge in [0.2, 0.25) is 5.16 Å². The summed E-state index contributed by atoms with van der Waals surface area (Å²) in [5, 5.41) is 12.1. The molecule has 0 fully saturated rings. The number of nitrogens with zero attached hydrogens (tertiary/aromatic N) is 6. The van der Waals surface area contributed by atoms with E-state index in [1.807, 2.05) is 42.0 Å². The van der Waals surface area contributed by atoms with Gasteiger partial charge in [0.1, 0.15) is 5.65 Å². The molecule has 3 heterocycles. The van der Waals surface area contributed by atoms with Crippen molar-refractivity contribution in [3.63, 3.8) is 0 Å². The van der Waals surface area contributed by atoms with Gasteiger partial charge in [-0.1, -0.05) is 17.8 Å². The summed E-state index contributed by atoms with van der Waals surface area (Å²) in [7, 11) is 1.83. The standard InChI is InChI=1S/C10H10N6S/c1-15-10(12-13-14-15)17-7-8-6-16-5-3-2-4-9(16)11-8/h2-6H,7H2,1H3. The Balaban J connectivity index is 1.79. The fourth-order valence-electron chi connectivity index (χ4n) is 1.54. The first-order chi connectivity index (χ1) is 8.33. The molecule has 0 saturated heterocycles. The van der Waals surface area contributed by atoms with Crippen LogP contribution in [0.25, 0.3) is 5.65 Å². The third-order valence-electron chi connectivity index (χ3n) is 2.34. The lowest BCUT2D eigenvalue weighted by Gasteiger charge is -1.94. The average Bonchev–Trinajstić information content (AvgIpc) is 2.92. The van der Waals surface area contributed by atoms with Crippen molar-refractivity contribution < 1.29 is 0 Å². The van der Waals surface area contributed by atoms with E-state index >= 15 is 0 Å². The van der Waals surface area contributed by atoms with Crippen molar-refractivity contribution in [3.05, 3.63) is 36.3 Å². The highest BCUT2D eigenvalue weighted by Gasteiger charge is 2.06. The molecule has 3 rings (SSSR count). The van der Waals surface area contributed by atoms with Gasteiger partial charge in [0.15, 0.2) is 0 Å². The third kappa shape index (κ3) is 2.01. The van der Waals surface area contributed by atoms with Crippen LogP contribution in [0.1, 0.15) is 5.69 Å². The second kappa shape index (κ2) is 4.17. The first-order valence-corrected chi connectivity index (χ1v) is 6.09. The SMILES string of the molecule is Cn1nnnc1SCc1cn2ccccc2n1. The molecular weight excluding hydrogens is 236 g/mol. The minimum absolute atomic E-state index is 0.760. The molecular formula is C10H10N6S. The van der Waals surface area contributed by atoms with Crippen molar-refractivity contribution in [3.8, 4) is 0 Å². The highest BCUT2D eigenvalue weighted by molar-refractivity contribution is 7.98. The maximum atomic E-state index is 4.51. The van der Waals surface area contributed by atoms with Gasteiger partial charge < -0.3 is 4.40 Å². The summed E-state index contributed by atoms with van der Waals surface area (Å²) in [6.07, 6.45) is 4.01. The fourth-order valence-corrected chi connectivity index (χ4v) is 2.27. The molecule has 0 saturated carbocycles. The molecule has 0 amide bonds. The Hall–Kier alpha value is -1.89. The minimum Gasteiger partial charge on any atom is -0.307 e. The Morgan fingerprint density at radius 2 is 2.29 bits per heavy atom. The summed E-state index contributed by atoms with van der Waals surface area (Å²) in [6, 6.07) is 5.95. The van der Waals surface area contributed by atoms with Gasteiger partial charge in [0.25, 0.3) is 0 Å². The van der Waals surface area contributed by atoms with Gasteiger partial charge in [-0.25, -0.2) is 9.67 Å². The van der Waals surface area contributed by atoms with Gasteiger partial charge in [-0.2, -0.15) is 0 Å². The second-order valence-electron chi connectivity index (χ2n) is 3.57. The van der Waals surface area contributed by atoms with Crippen molar-refractivity contribution >= 4 is 17.4 Å². The van der Waals surface area contributed by atoms with Crippen LogP contribution in [0.4, 0.5) is 0 Å². The molecule has 3 aromatic rings. The predicted octanol–water partition coefficient (Wildman–Crippen LogP) is 1.15. The first kappa shape index (κ1) is 10.3. The fraction of sp³-hybridized carbons (Fsp3) is 0.200. The maximum Gasteiger partial charge on any atom is 0.209 e. The van der Waals surface area contributed by atoms with Crippen molar-refractivity contribution in [2.45, 2.75) is 10.9 Å². The second-order valence-corrected chi connectivity index (χ2v) is 4.51. The van der Waals surface area contributed by atoms with Crippen LogP contribution in [0.5, 0.6) is 0 Å². The lowest BCUT2D eigenvalue weighted by Crippen LogP contribution is -1.93. The maximum absolute atomic E-state index is 4.51. The van der Waals surface area contributed by atoms with E-state index in [0.29, 0.717) is 0 Å². The minimum atomic E-state index is 0.760. The van der Waals surface area contributed by atoms with E-state index in [2.05, 4.69) is 20.5 Å². The molecule has 0 unspecified atom stereocenters. The van der Waals surface area contributed by atoms with Crippen molar-refractivity contribution in [2.75, 3.05) is 0 Å². The number of thioether (sulfide) groups is 1. The molecule has 3 aromatic heterocycles. The Labute approximate surface area is 102 Å². The molecule has 0 spiro atoms. The van der Waals surface area contributed by atoms with Crippen LogP contribution in [0, 0.1) is 0 Å². The van der Waals surface area contributed by atoms with Gasteiger partial charge >= 0.3 is 0 Å². The van der Waals surface area contributed by atoms with Crippen LogP contribution in [0.15, 0.2) is 35.7 Å². The Kier molecular flexibility index (Phi) is 2.52. The zero-order valence-corrected chi connectivity index (χ0v) is 10.0. The van der Waals surface area contributed by atoms with Gasteiger partial charge in [-0.15, -0.1) is 5.10 Å². The third-order valence-corrected chi connectivity index (χ3v) is 3.39. The summed E-state index contributed by atoms with van der Waals surface area (Å²) in [5.74, 6) is 0.760. The molecule has 0 aliphatic rings. The number of tetrazole rings is 1. The summed E-state index contributed by atoms with van der Waals surface area (Å²) in [5.41, 5.74) is 1.98. The lowest BCUT2D eigenvalue weighted by molar-refractivity contribution is 0.664. The van der Waals surface area contributed by atoms with Gasteiger partial charge in [-0.05, 0) is 22.6 Å². The van der Waals surface area contributed by atoms with Gasteiger partial charge in [0.05, 0.1) is 5.69 Å². The smallest absolute Gasteiger partial charge is 0.209 e. The van der Waals surface area contributed by atoms with Crippen LogP contribution in [-0.4, -0.2) is 29.6 Å². The van der Waals surface area contributed by atoms with Crippen LogP contribution in [0.3, 0.4) is 0 Å². The highest BCUT2D eigenvalue weighted by atomic mass is 32.2. The van der Waals surface area contributed by atoms with Crippen LogP contribution < -0.4 is 0 Å². The summed E-state index contributed by atoms with van der Waals surface area (Å²) in [4.78, 5) is 4.51. The molecule has 0 aliphatic heterocycles. The molecule has 0 N–H and O–H groups in total. The predicted molar refractivity (Wildman–Crippen MR) is 63.6 cm³/mol. The largest absolute Gasteiger partial charge is 0.307 e. The van der Waals surface area contributed by atoms with Crippen molar-refractivity contribution in [2.24, 2.45) is 7.05 Å². The zero-order chi connectivity index (χ0) is 11.7. The van der Waals surface area contributed by atoms with Crippen molar-refractivity contribution in [1.29, 1.82) is 0 Å². The van der Waals surface area contributed by atoms with Crippen LogP contribution >= 0.6 is 11.8 Å². The summed E-state index contributed by atoms with van der Waals surface area (Å²) < 4.78 is 3.66. The average molecular weight is 246 g/mol. The molecule has 0 atom stereocenters. The van der Waals surface area contributed by atoms with Crippen molar-refractivity contribution in [1.82, 2.24) is 29.6 Å². The van der Waals surface area contributed by atoms with E-state index in [1.54, 1.807) is 16.4 Å². The van der Waals surface area contributed by atoms with Gasteiger partial charge in [-0.3, -0.25) is 0 Å². The van der Waals surface area contributed by atoms with E-state index < -0.39 is 0 Å². The van der Waals surface area contributed by atoms with E-state index in [-0.39, 0.29) is 0 Å². The monoisotopic (exact) mass is 246 g/mol. The number of pyridine rings is 1. The topological polar surface area (TPSA) is 60.9 Å². The molecule has 17 heavy (non-hydrogen) atoms. The molecule has 0 aliphatic carbocycles. The number of aryl methyl sites for hydroxylation is 1. The van der Waals surface area contributed by atoms with E-state index in [4.69, 9.17) is 0 Å². The Morgan fingerprint density at radius 3 is 3.06 bits per heavy atom. The Morgan fingerprint density at radius 1 is 1.35 bits per heavy atom. The molecule has 7 heteroatoms. The van der Waals surface area contributed by atoms with Gasteiger partial charge in [0, 0.05) is 25.2 Å². The normalized spacial score (nSPS) is 11.1. The quantitative estimate of drug-likeness (QED) is 0.649. The number of rotatable bonds is 3. The zero-order valence-electron chi connectivity index (χ0n) is 9.19. The molecule has 0 radical (unpaired) electrons. The summed E-state index contributed by atoms with van der Waals surface area (Å²) >= 11 is 1.57. The molecule has 86 valence electrons. The number of hydrogen-bond donors (Lipinski definition) is 0. The number of hydrogen-bond acceptors (Lipinski definition) is 5. The highest BCUT2D eigenvalue weighted by Crippen LogP contribution is 2.18. The lowest BCUT2D eigenvalue weighted by atomic mass is 10.5. The molecule has 0 bridgehead atoms. The molecule has 6 nitrogen and oxygen atoms in total.